The first-order chi connectivity index (χ1) is 9.31. The zero-order valence-corrected chi connectivity index (χ0v) is 10.0. The van der Waals surface area contributed by atoms with Gasteiger partial charge in [0.1, 0.15) is 0 Å². The molecular formula is C14H11N3O2. The Hall–Kier alpha value is -2.69. The molecule has 0 atom stereocenters. The van der Waals surface area contributed by atoms with E-state index in [9.17, 15) is 0 Å². The van der Waals surface area contributed by atoms with Crippen molar-refractivity contribution in [3.63, 3.8) is 0 Å². The third-order valence-electron chi connectivity index (χ3n) is 3.30. The number of nitrogen functional groups attached to an aromatic ring is 1. The van der Waals surface area contributed by atoms with Crippen LogP contribution in [0.2, 0.25) is 0 Å². The van der Waals surface area contributed by atoms with Gasteiger partial charge in [-0.15, -0.1) is 0 Å². The van der Waals surface area contributed by atoms with Gasteiger partial charge in [-0.25, -0.2) is 0 Å². The molecule has 1 aliphatic heterocycles. The number of hydrogen-bond acceptors (Lipinski definition) is 4. The molecule has 3 aromatic rings. The fraction of sp³-hybridized carbons (Fsp3) is 0.0714. The van der Waals surface area contributed by atoms with Crippen molar-refractivity contribution in [1.29, 1.82) is 0 Å². The van der Waals surface area contributed by atoms with Gasteiger partial charge in [-0.3, -0.25) is 5.10 Å². The van der Waals surface area contributed by atoms with Crippen LogP contribution in [0.4, 0.5) is 5.82 Å². The van der Waals surface area contributed by atoms with Crippen molar-refractivity contribution >= 4 is 16.7 Å². The Labute approximate surface area is 108 Å². The molecule has 0 unspecified atom stereocenters. The minimum Gasteiger partial charge on any atom is -0.454 e. The molecule has 94 valence electrons. The molecule has 5 heteroatoms. The third kappa shape index (κ3) is 1.52. The Morgan fingerprint density at radius 2 is 1.79 bits per heavy atom. The lowest BCUT2D eigenvalue weighted by molar-refractivity contribution is 0.174. The zero-order valence-electron chi connectivity index (χ0n) is 10.0. The number of hydrogen-bond donors (Lipinski definition) is 2. The third-order valence-corrected chi connectivity index (χ3v) is 3.30. The minimum atomic E-state index is 0.287. The first kappa shape index (κ1) is 10.3. The van der Waals surface area contributed by atoms with E-state index in [2.05, 4.69) is 10.2 Å². The van der Waals surface area contributed by atoms with Crippen LogP contribution in [-0.2, 0) is 0 Å². The summed E-state index contributed by atoms with van der Waals surface area (Å²) in [4.78, 5) is 0. The second kappa shape index (κ2) is 3.65. The summed E-state index contributed by atoms with van der Waals surface area (Å²) in [7, 11) is 0. The van der Waals surface area contributed by atoms with Gasteiger partial charge in [-0.1, -0.05) is 12.1 Å². The number of aromatic nitrogens is 2. The van der Waals surface area contributed by atoms with E-state index in [1.807, 2.05) is 36.4 Å². The first-order valence-corrected chi connectivity index (χ1v) is 5.95. The molecule has 5 nitrogen and oxygen atoms in total. The molecule has 19 heavy (non-hydrogen) atoms. The molecule has 0 amide bonds. The number of fused-ring (bicyclic) bond motifs is 2. The van der Waals surface area contributed by atoms with Gasteiger partial charge in [0.2, 0.25) is 6.79 Å². The molecule has 0 saturated carbocycles. The van der Waals surface area contributed by atoms with Crippen molar-refractivity contribution in [3.05, 3.63) is 36.4 Å². The van der Waals surface area contributed by atoms with Gasteiger partial charge >= 0.3 is 0 Å². The second-order valence-corrected chi connectivity index (χ2v) is 4.44. The number of nitrogens with two attached hydrogens (primary N) is 1. The Bertz CT molecular complexity index is 779. The average molecular weight is 253 g/mol. The summed E-state index contributed by atoms with van der Waals surface area (Å²) < 4.78 is 10.7. The van der Waals surface area contributed by atoms with E-state index in [1.165, 1.54) is 0 Å². The summed E-state index contributed by atoms with van der Waals surface area (Å²) in [5.74, 6) is 2.09. The molecule has 0 spiro atoms. The summed E-state index contributed by atoms with van der Waals surface area (Å²) in [5, 5.41) is 7.85. The summed E-state index contributed by atoms with van der Waals surface area (Å²) in [6.07, 6.45) is 0. The fourth-order valence-corrected chi connectivity index (χ4v) is 2.30. The molecule has 0 bridgehead atoms. The van der Waals surface area contributed by atoms with Crippen LogP contribution in [0.5, 0.6) is 11.5 Å². The van der Waals surface area contributed by atoms with E-state index >= 15 is 0 Å². The molecule has 0 fully saturated rings. The highest BCUT2D eigenvalue weighted by atomic mass is 16.7. The molecule has 1 aliphatic rings. The SMILES string of the molecule is Nc1n[nH]c2cc(-c3ccc4c(c3)OCO4)ccc12. The normalized spacial score (nSPS) is 13.1. The lowest BCUT2D eigenvalue weighted by atomic mass is 10.0. The maximum absolute atomic E-state index is 5.76. The van der Waals surface area contributed by atoms with Crippen molar-refractivity contribution in [3.8, 4) is 22.6 Å². The predicted octanol–water partition coefficient (Wildman–Crippen LogP) is 2.54. The van der Waals surface area contributed by atoms with Gasteiger partial charge in [0.25, 0.3) is 0 Å². The van der Waals surface area contributed by atoms with E-state index in [0.717, 1.165) is 33.5 Å². The summed E-state index contributed by atoms with van der Waals surface area (Å²) in [6.45, 7) is 0.287. The van der Waals surface area contributed by atoms with Gasteiger partial charge in [-0.05, 0) is 35.4 Å². The minimum absolute atomic E-state index is 0.287. The van der Waals surface area contributed by atoms with Gasteiger partial charge < -0.3 is 15.2 Å². The molecule has 0 radical (unpaired) electrons. The quantitative estimate of drug-likeness (QED) is 0.699. The highest BCUT2D eigenvalue weighted by Gasteiger charge is 2.14. The van der Waals surface area contributed by atoms with E-state index in [4.69, 9.17) is 15.2 Å². The predicted molar refractivity (Wildman–Crippen MR) is 72.1 cm³/mol. The standard InChI is InChI=1S/C14H11N3O2/c15-14-10-3-1-8(5-11(10)16-17-14)9-2-4-12-13(6-9)19-7-18-12/h1-6H,7H2,(H3,15,16,17). The second-order valence-electron chi connectivity index (χ2n) is 4.44. The molecule has 2 aromatic carbocycles. The van der Waals surface area contributed by atoms with Crippen LogP contribution in [0, 0.1) is 0 Å². The number of benzene rings is 2. The topological polar surface area (TPSA) is 73.2 Å². The van der Waals surface area contributed by atoms with Crippen molar-refractivity contribution in [2.24, 2.45) is 0 Å². The van der Waals surface area contributed by atoms with Crippen molar-refractivity contribution < 1.29 is 9.47 Å². The Kier molecular flexibility index (Phi) is 1.97. The van der Waals surface area contributed by atoms with Gasteiger partial charge in [0.05, 0.1) is 5.52 Å². The van der Waals surface area contributed by atoms with Crippen LogP contribution in [0.3, 0.4) is 0 Å². The van der Waals surface area contributed by atoms with Crippen LogP contribution >= 0.6 is 0 Å². The molecule has 2 heterocycles. The maximum atomic E-state index is 5.76. The van der Waals surface area contributed by atoms with Crippen LogP contribution in [0.1, 0.15) is 0 Å². The van der Waals surface area contributed by atoms with Gasteiger partial charge in [-0.2, -0.15) is 5.10 Å². The fourth-order valence-electron chi connectivity index (χ4n) is 2.30. The van der Waals surface area contributed by atoms with E-state index in [0.29, 0.717) is 5.82 Å². The molecular weight excluding hydrogens is 242 g/mol. The summed E-state index contributed by atoms with van der Waals surface area (Å²) in [5.41, 5.74) is 8.83. The van der Waals surface area contributed by atoms with Gasteiger partial charge in [0, 0.05) is 5.39 Å². The molecule has 1 aromatic heterocycles. The Balaban J connectivity index is 1.85. The highest BCUT2D eigenvalue weighted by molar-refractivity contribution is 5.91. The maximum Gasteiger partial charge on any atom is 0.231 e. The summed E-state index contributed by atoms with van der Waals surface area (Å²) in [6, 6.07) is 11.9. The van der Waals surface area contributed by atoms with Crippen LogP contribution in [-0.4, -0.2) is 17.0 Å². The van der Waals surface area contributed by atoms with Crippen LogP contribution < -0.4 is 15.2 Å². The van der Waals surface area contributed by atoms with Crippen molar-refractivity contribution in [1.82, 2.24) is 10.2 Å². The largest absolute Gasteiger partial charge is 0.454 e. The van der Waals surface area contributed by atoms with E-state index in [1.54, 1.807) is 0 Å². The smallest absolute Gasteiger partial charge is 0.231 e. The van der Waals surface area contributed by atoms with E-state index < -0.39 is 0 Å². The van der Waals surface area contributed by atoms with Crippen molar-refractivity contribution in [2.75, 3.05) is 12.5 Å². The van der Waals surface area contributed by atoms with Crippen LogP contribution in [0.15, 0.2) is 36.4 Å². The molecule has 4 rings (SSSR count). The lowest BCUT2D eigenvalue weighted by Gasteiger charge is -2.03. The number of anilines is 1. The molecule has 3 N–H and O–H groups in total. The number of H-pyrrole nitrogens is 1. The van der Waals surface area contributed by atoms with E-state index in [-0.39, 0.29) is 6.79 Å². The van der Waals surface area contributed by atoms with Crippen LogP contribution in [0.25, 0.3) is 22.0 Å². The monoisotopic (exact) mass is 253 g/mol. The number of nitrogens with one attached hydrogen (secondary N) is 1. The number of ether oxygens (including phenoxy) is 2. The zero-order chi connectivity index (χ0) is 12.8. The number of aromatic amines is 1. The van der Waals surface area contributed by atoms with Crippen molar-refractivity contribution in [2.45, 2.75) is 0 Å². The first-order valence-electron chi connectivity index (χ1n) is 5.95. The van der Waals surface area contributed by atoms with Gasteiger partial charge in [0.15, 0.2) is 17.3 Å². The average Bonchev–Trinajstić information content (AvgIpc) is 3.04. The summed E-state index contributed by atoms with van der Waals surface area (Å²) >= 11 is 0. The lowest BCUT2D eigenvalue weighted by Crippen LogP contribution is -1.92. The molecule has 0 aliphatic carbocycles. The number of nitrogens with zero attached hydrogens (tertiary/aromatic N) is 1. The highest BCUT2D eigenvalue weighted by Crippen LogP contribution is 2.36. The number of rotatable bonds is 1. The Morgan fingerprint density at radius 1 is 1.00 bits per heavy atom. The molecule has 0 saturated heterocycles. The Morgan fingerprint density at radius 3 is 2.74 bits per heavy atom.